The highest BCUT2D eigenvalue weighted by atomic mass is 32.2. The molecule has 2 heterocycles. The molecule has 0 bridgehead atoms. The molecule has 1 atom stereocenters. The lowest BCUT2D eigenvalue weighted by Gasteiger charge is -2.31. The number of hydrogen-bond acceptors (Lipinski definition) is 4. The van der Waals surface area contributed by atoms with E-state index in [1.807, 2.05) is 31.2 Å². The molecule has 29 heavy (non-hydrogen) atoms. The van der Waals surface area contributed by atoms with Gasteiger partial charge in [-0.25, -0.2) is 12.7 Å². The van der Waals surface area contributed by atoms with E-state index >= 15 is 0 Å². The van der Waals surface area contributed by atoms with Crippen LogP contribution in [0.2, 0.25) is 0 Å². The number of amides is 1. The Morgan fingerprint density at radius 2 is 1.79 bits per heavy atom. The summed E-state index contributed by atoms with van der Waals surface area (Å²) in [7, 11) is -3.35. The molecule has 2 aliphatic heterocycles. The summed E-state index contributed by atoms with van der Waals surface area (Å²) in [6, 6.07) is 8.11. The zero-order chi connectivity index (χ0) is 20.9. The van der Waals surface area contributed by atoms with Gasteiger partial charge in [0.15, 0.2) is 0 Å². The maximum atomic E-state index is 12.8. The minimum Gasteiger partial charge on any atom is -0.356 e. The summed E-state index contributed by atoms with van der Waals surface area (Å²) < 4.78 is 27.1. The van der Waals surface area contributed by atoms with E-state index in [1.54, 1.807) is 4.31 Å². The SMILES string of the molecule is Cc1ccccc1CS(=O)(=O)N1CCC(C(=O)NCC[C@H](C)N2CCCC2)CC1. The second-order valence-corrected chi connectivity index (χ2v) is 10.5. The molecule has 0 unspecified atom stereocenters. The van der Waals surface area contributed by atoms with Gasteiger partial charge in [0.1, 0.15) is 0 Å². The predicted molar refractivity (Wildman–Crippen MR) is 116 cm³/mol. The van der Waals surface area contributed by atoms with E-state index in [0.717, 1.165) is 17.5 Å². The van der Waals surface area contributed by atoms with Crippen LogP contribution in [0.3, 0.4) is 0 Å². The first-order valence-electron chi connectivity index (χ1n) is 10.9. The van der Waals surface area contributed by atoms with Crippen molar-refractivity contribution < 1.29 is 13.2 Å². The number of aryl methyl sites for hydroxylation is 1. The molecule has 0 radical (unpaired) electrons. The zero-order valence-electron chi connectivity index (χ0n) is 17.8. The fraction of sp³-hybridized carbons (Fsp3) is 0.682. The van der Waals surface area contributed by atoms with Gasteiger partial charge in [-0.1, -0.05) is 24.3 Å². The van der Waals surface area contributed by atoms with Gasteiger partial charge in [-0.15, -0.1) is 0 Å². The molecule has 0 saturated carbocycles. The Balaban J connectivity index is 1.42. The number of likely N-dealkylation sites (tertiary alicyclic amines) is 1. The molecule has 1 amide bonds. The minimum absolute atomic E-state index is 0.0327. The van der Waals surface area contributed by atoms with Gasteiger partial charge in [0, 0.05) is 31.6 Å². The predicted octanol–water partition coefficient (Wildman–Crippen LogP) is 2.53. The fourth-order valence-electron chi connectivity index (χ4n) is 4.37. The van der Waals surface area contributed by atoms with E-state index in [0.29, 0.717) is 38.5 Å². The summed E-state index contributed by atoms with van der Waals surface area (Å²) in [4.78, 5) is 15.0. The van der Waals surface area contributed by atoms with Crippen molar-refractivity contribution >= 4 is 15.9 Å². The van der Waals surface area contributed by atoms with Gasteiger partial charge >= 0.3 is 0 Å². The molecular weight excluding hydrogens is 386 g/mol. The van der Waals surface area contributed by atoms with Crippen LogP contribution in [0.4, 0.5) is 0 Å². The second kappa shape index (κ2) is 10.0. The largest absolute Gasteiger partial charge is 0.356 e. The average Bonchev–Trinajstić information content (AvgIpc) is 3.24. The van der Waals surface area contributed by atoms with Crippen molar-refractivity contribution in [2.45, 2.75) is 57.7 Å². The zero-order valence-corrected chi connectivity index (χ0v) is 18.6. The van der Waals surface area contributed by atoms with E-state index in [9.17, 15) is 13.2 Å². The Kier molecular flexibility index (Phi) is 7.71. The molecule has 2 aliphatic rings. The highest BCUT2D eigenvalue weighted by molar-refractivity contribution is 7.88. The summed E-state index contributed by atoms with van der Waals surface area (Å²) in [6.07, 6.45) is 4.72. The third-order valence-corrected chi connectivity index (χ3v) is 8.27. The van der Waals surface area contributed by atoms with Crippen LogP contribution in [-0.2, 0) is 20.6 Å². The molecule has 0 aromatic heterocycles. The van der Waals surface area contributed by atoms with Crippen molar-refractivity contribution in [1.29, 1.82) is 0 Å². The van der Waals surface area contributed by atoms with Crippen LogP contribution in [0.15, 0.2) is 24.3 Å². The van der Waals surface area contributed by atoms with Crippen LogP contribution >= 0.6 is 0 Å². The molecule has 0 aliphatic carbocycles. The standard InChI is InChI=1S/C22H35N3O3S/c1-18-7-3-4-8-21(18)17-29(27,28)25-15-10-20(11-16-25)22(26)23-12-9-19(2)24-13-5-6-14-24/h3-4,7-8,19-20H,5-6,9-17H2,1-2H3,(H,23,26)/t19-/m0/s1. The van der Waals surface area contributed by atoms with E-state index < -0.39 is 10.0 Å². The monoisotopic (exact) mass is 421 g/mol. The first-order valence-corrected chi connectivity index (χ1v) is 12.5. The van der Waals surface area contributed by atoms with Gasteiger partial charge in [0.05, 0.1) is 5.75 Å². The molecule has 162 valence electrons. The highest BCUT2D eigenvalue weighted by Gasteiger charge is 2.31. The van der Waals surface area contributed by atoms with Crippen LogP contribution in [0, 0.1) is 12.8 Å². The van der Waals surface area contributed by atoms with Crippen molar-refractivity contribution in [1.82, 2.24) is 14.5 Å². The van der Waals surface area contributed by atoms with Crippen LogP contribution in [0.25, 0.3) is 0 Å². The number of hydrogen-bond donors (Lipinski definition) is 1. The Bertz CT molecular complexity index is 782. The first kappa shape index (κ1) is 22.2. The summed E-state index contributed by atoms with van der Waals surface area (Å²) in [5.41, 5.74) is 1.84. The molecule has 2 saturated heterocycles. The van der Waals surface area contributed by atoms with Gasteiger partial charge < -0.3 is 10.2 Å². The first-order chi connectivity index (χ1) is 13.9. The van der Waals surface area contributed by atoms with Gasteiger partial charge in [-0.3, -0.25) is 4.79 Å². The number of nitrogens with zero attached hydrogens (tertiary/aromatic N) is 2. The maximum absolute atomic E-state index is 12.8. The average molecular weight is 422 g/mol. The van der Waals surface area contributed by atoms with Crippen LogP contribution in [-0.4, -0.2) is 62.3 Å². The third kappa shape index (κ3) is 6.03. The van der Waals surface area contributed by atoms with Crippen molar-refractivity contribution in [2.24, 2.45) is 5.92 Å². The van der Waals surface area contributed by atoms with Gasteiger partial charge in [-0.05, 0) is 70.2 Å². The van der Waals surface area contributed by atoms with Gasteiger partial charge in [0.2, 0.25) is 15.9 Å². The molecule has 0 spiro atoms. The Labute approximate surface area is 175 Å². The molecule has 6 nitrogen and oxygen atoms in total. The van der Waals surface area contributed by atoms with E-state index in [1.165, 1.54) is 25.9 Å². The molecule has 7 heteroatoms. The van der Waals surface area contributed by atoms with Crippen LogP contribution in [0.1, 0.15) is 50.2 Å². The lowest BCUT2D eigenvalue weighted by molar-refractivity contribution is -0.126. The second-order valence-electron chi connectivity index (χ2n) is 8.53. The summed E-state index contributed by atoms with van der Waals surface area (Å²) in [5.74, 6) is 0.0295. The quantitative estimate of drug-likeness (QED) is 0.700. The number of sulfonamides is 1. The van der Waals surface area contributed by atoms with Crippen molar-refractivity contribution in [3.8, 4) is 0 Å². The van der Waals surface area contributed by atoms with E-state index in [4.69, 9.17) is 0 Å². The lowest BCUT2D eigenvalue weighted by Crippen LogP contribution is -2.44. The smallest absolute Gasteiger partial charge is 0.223 e. The van der Waals surface area contributed by atoms with Gasteiger partial charge in [0.25, 0.3) is 0 Å². The minimum atomic E-state index is -3.35. The molecule has 1 aromatic carbocycles. The number of piperidine rings is 1. The van der Waals surface area contributed by atoms with Crippen molar-refractivity contribution in [3.63, 3.8) is 0 Å². The molecule has 2 fully saturated rings. The number of nitrogens with one attached hydrogen (secondary N) is 1. The number of carbonyl (C=O) groups is 1. The molecular formula is C22H35N3O3S. The Hall–Kier alpha value is -1.44. The normalized spacial score (nSPS) is 20.6. The molecule has 3 rings (SSSR count). The Morgan fingerprint density at radius 3 is 2.45 bits per heavy atom. The fourth-order valence-corrected chi connectivity index (χ4v) is 6.04. The van der Waals surface area contributed by atoms with Crippen molar-refractivity contribution in [2.75, 3.05) is 32.7 Å². The number of rotatable bonds is 8. The van der Waals surface area contributed by atoms with Crippen molar-refractivity contribution in [3.05, 3.63) is 35.4 Å². The Morgan fingerprint density at radius 1 is 1.14 bits per heavy atom. The summed E-state index contributed by atoms with van der Waals surface area (Å²) in [6.45, 7) is 8.06. The van der Waals surface area contributed by atoms with Crippen LogP contribution in [0.5, 0.6) is 0 Å². The van der Waals surface area contributed by atoms with E-state index in [-0.39, 0.29) is 17.6 Å². The highest BCUT2D eigenvalue weighted by Crippen LogP contribution is 2.23. The number of benzene rings is 1. The molecule has 1 N–H and O–H groups in total. The summed E-state index contributed by atoms with van der Waals surface area (Å²) >= 11 is 0. The summed E-state index contributed by atoms with van der Waals surface area (Å²) in [5, 5.41) is 3.07. The van der Waals surface area contributed by atoms with Gasteiger partial charge in [-0.2, -0.15) is 0 Å². The van der Waals surface area contributed by atoms with E-state index in [2.05, 4.69) is 17.1 Å². The number of carbonyl (C=O) groups excluding carboxylic acids is 1. The third-order valence-electron chi connectivity index (χ3n) is 6.44. The maximum Gasteiger partial charge on any atom is 0.223 e. The van der Waals surface area contributed by atoms with Crippen LogP contribution < -0.4 is 5.32 Å². The molecule has 1 aromatic rings. The lowest BCUT2D eigenvalue weighted by atomic mass is 9.97. The topological polar surface area (TPSA) is 69.7 Å².